The van der Waals surface area contributed by atoms with E-state index in [4.69, 9.17) is 30.5 Å². The molecule has 0 bridgehead atoms. The van der Waals surface area contributed by atoms with Crippen LogP contribution in [0.25, 0.3) is 5.65 Å². The van der Waals surface area contributed by atoms with E-state index in [1.54, 1.807) is 51.0 Å². The molecule has 10 heteroatoms. The third-order valence-electron chi connectivity index (χ3n) is 7.02. The van der Waals surface area contributed by atoms with Gasteiger partial charge < -0.3 is 28.5 Å². The molecule has 1 radical (unpaired) electrons. The molecule has 2 aromatic heterocycles. The SMILES string of the molecule is COc1ccc(OC)c(C(O)c2c(C[N]C(=O)CCC(C)Cc3ccc(OC)c(OC)c3Cl)nc3ccccn23)c1. The standard InChI is InChI=1S/C31H35ClN3O6/c1-19(16-20-10-12-25(40-4)31(41-5)28(20)32)9-14-27(36)33-18-23-29(35-15-7-6-8-26(35)34-23)30(37)22-17-21(38-2)11-13-24(22)39-3/h6-8,10-13,15,17,19,30,37H,9,14,16,18H2,1-5H3. The van der Waals surface area contributed by atoms with Gasteiger partial charge in [-0.05, 0) is 60.7 Å². The summed E-state index contributed by atoms with van der Waals surface area (Å²) >= 11 is 6.54. The minimum atomic E-state index is -1.09. The Bertz CT molecular complexity index is 1500. The second kappa shape index (κ2) is 13.6. The van der Waals surface area contributed by atoms with Gasteiger partial charge in [-0.3, -0.25) is 4.79 Å². The Labute approximate surface area is 245 Å². The van der Waals surface area contributed by atoms with Crippen molar-refractivity contribution >= 4 is 23.2 Å². The number of aliphatic hydroxyl groups excluding tert-OH is 1. The number of ether oxygens (including phenoxy) is 4. The second-order valence-corrected chi connectivity index (χ2v) is 10.1. The summed E-state index contributed by atoms with van der Waals surface area (Å²) in [5.74, 6) is 2.11. The van der Waals surface area contributed by atoms with Gasteiger partial charge in [-0.1, -0.05) is 30.7 Å². The Morgan fingerprint density at radius 1 is 1.02 bits per heavy atom. The van der Waals surface area contributed by atoms with Gasteiger partial charge in [0.15, 0.2) is 11.5 Å². The van der Waals surface area contributed by atoms with Crippen molar-refractivity contribution in [3.63, 3.8) is 0 Å². The van der Waals surface area contributed by atoms with Crippen molar-refractivity contribution in [1.82, 2.24) is 14.7 Å². The van der Waals surface area contributed by atoms with E-state index < -0.39 is 6.10 Å². The molecule has 2 unspecified atom stereocenters. The van der Waals surface area contributed by atoms with Crippen molar-refractivity contribution in [3.8, 4) is 23.0 Å². The number of nitrogens with zero attached hydrogens (tertiary/aromatic N) is 3. The van der Waals surface area contributed by atoms with Crippen LogP contribution in [-0.4, -0.2) is 48.8 Å². The number of halogens is 1. The van der Waals surface area contributed by atoms with Crippen LogP contribution in [0, 0.1) is 5.92 Å². The molecular weight excluding hydrogens is 546 g/mol. The Kier molecular flexibility index (Phi) is 9.96. The number of hydrogen-bond donors (Lipinski definition) is 1. The molecule has 2 atom stereocenters. The van der Waals surface area contributed by atoms with Crippen molar-refractivity contribution in [2.24, 2.45) is 5.92 Å². The average molecular weight is 581 g/mol. The molecule has 0 aliphatic heterocycles. The maximum Gasteiger partial charge on any atom is 0.241 e. The second-order valence-electron chi connectivity index (χ2n) is 9.72. The number of benzene rings is 2. The number of carbonyl (C=O) groups is 1. The van der Waals surface area contributed by atoms with Gasteiger partial charge in [-0.25, -0.2) is 10.3 Å². The molecule has 4 rings (SSSR count). The number of amides is 1. The van der Waals surface area contributed by atoms with E-state index in [2.05, 4.69) is 17.2 Å². The van der Waals surface area contributed by atoms with Crippen LogP contribution in [0.4, 0.5) is 0 Å². The van der Waals surface area contributed by atoms with E-state index in [1.807, 2.05) is 36.5 Å². The summed E-state index contributed by atoms with van der Waals surface area (Å²) in [4.78, 5) is 17.5. The van der Waals surface area contributed by atoms with Gasteiger partial charge in [0.1, 0.15) is 23.3 Å². The summed E-state index contributed by atoms with van der Waals surface area (Å²) in [5, 5.41) is 16.3. The predicted octanol–water partition coefficient (Wildman–Crippen LogP) is 5.39. The quantitative estimate of drug-likeness (QED) is 0.226. The van der Waals surface area contributed by atoms with Gasteiger partial charge in [0.05, 0.1) is 51.4 Å². The Morgan fingerprint density at radius 2 is 1.78 bits per heavy atom. The van der Waals surface area contributed by atoms with Crippen molar-refractivity contribution in [2.45, 2.75) is 38.8 Å². The average Bonchev–Trinajstić information content (AvgIpc) is 3.37. The summed E-state index contributed by atoms with van der Waals surface area (Å²) in [7, 11) is 6.22. The number of pyridine rings is 1. The first-order valence-electron chi connectivity index (χ1n) is 13.3. The van der Waals surface area contributed by atoms with Crippen LogP contribution in [0.15, 0.2) is 54.7 Å². The summed E-state index contributed by atoms with van der Waals surface area (Å²) in [6.07, 6.45) is 2.32. The number of methoxy groups -OCH3 is 4. The van der Waals surface area contributed by atoms with Crippen LogP contribution in [0.5, 0.6) is 23.0 Å². The first kappa shape index (κ1) is 30.0. The summed E-state index contributed by atoms with van der Waals surface area (Å²) < 4.78 is 23.4. The third kappa shape index (κ3) is 6.69. The number of fused-ring (bicyclic) bond motifs is 1. The highest BCUT2D eigenvalue weighted by atomic mass is 35.5. The molecule has 217 valence electrons. The fourth-order valence-corrected chi connectivity index (χ4v) is 5.16. The predicted molar refractivity (Wildman–Crippen MR) is 156 cm³/mol. The topological polar surface area (TPSA) is 106 Å². The minimum absolute atomic E-state index is 0.0368. The molecule has 4 aromatic rings. The summed E-state index contributed by atoms with van der Waals surface area (Å²) in [5.41, 5.74) is 3.11. The monoisotopic (exact) mass is 580 g/mol. The first-order chi connectivity index (χ1) is 19.8. The zero-order chi connectivity index (χ0) is 29.5. The van der Waals surface area contributed by atoms with Gasteiger partial charge in [-0.2, -0.15) is 0 Å². The normalized spacial score (nSPS) is 12.6. The van der Waals surface area contributed by atoms with E-state index in [0.717, 1.165) is 5.56 Å². The lowest BCUT2D eigenvalue weighted by Gasteiger charge is -2.17. The van der Waals surface area contributed by atoms with Gasteiger partial charge >= 0.3 is 0 Å². The van der Waals surface area contributed by atoms with Gasteiger partial charge in [-0.15, -0.1) is 0 Å². The van der Waals surface area contributed by atoms with E-state index >= 15 is 0 Å². The molecule has 41 heavy (non-hydrogen) atoms. The van der Waals surface area contributed by atoms with Gasteiger partial charge in [0.25, 0.3) is 0 Å². The zero-order valence-corrected chi connectivity index (χ0v) is 24.6. The zero-order valence-electron chi connectivity index (χ0n) is 23.9. The molecule has 1 amide bonds. The van der Waals surface area contributed by atoms with Crippen LogP contribution in [0.1, 0.15) is 48.4 Å². The lowest BCUT2D eigenvalue weighted by atomic mass is 9.96. The minimum Gasteiger partial charge on any atom is -0.497 e. The maximum atomic E-state index is 12.8. The lowest BCUT2D eigenvalue weighted by molar-refractivity contribution is -0.121. The molecule has 0 aliphatic rings. The molecule has 0 saturated carbocycles. The first-order valence-corrected chi connectivity index (χ1v) is 13.6. The highest BCUT2D eigenvalue weighted by Crippen LogP contribution is 2.38. The third-order valence-corrected chi connectivity index (χ3v) is 7.44. The van der Waals surface area contributed by atoms with E-state index in [1.165, 1.54) is 0 Å². The molecule has 0 aliphatic carbocycles. The van der Waals surface area contributed by atoms with E-state index in [-0.39, 0.29) is 24.8 Å². The van der Waals surface area contributed by atoms with Crippen LogP contribution >= 0.6 is 11.6 Å². The Morgan fingerprint density at radius 3 is 2.49 bits per heavy atom. The highest BCUT2D eigenvalue weighted by molar-refractivity contribution is 6.33. The maximum absolute atomic E-state index is 12.8. The molecule has 2 aromatic carbocycles. The number of carbonyl (C=O) groups excluding carboxylic acids is 1. The van der Waals surface area contributed by atoms with Crippen molar-refractivity contribution in [2.75, 3.05) is 28.4 Å². The fraction of sp³-hybridized carbons (Fsp3) is 0.355. The molecule has 0 spiro atoms. The number of rotatable bonds is 13. The van der Waals surface area contributed by atoms with Crippen molar-refractivity contribution in [3.05, 3.63) is 82.3 Å². The molecule has 0 saturated heterocycles. The van der Waals surface area contributed by atoms with E-state index in [0.29, 0.717) is 63.5 Å². The van der Waals surface area contributed by atoms with Crippen molar-refractivity contribution in [1.29, 1.82) is 0 Å². The molecular formula is C31H35ClN3O6. The number of hydrogen-bond acceptors (Lipinski definition) is 7. The number of aromatic nitrogens is 2. The van der Waals surface area contributed by atoms with Crippen molar-refractivity contribution < 1.29 is 28.8 Å². The highest BCUT2D eigenvalue weighted by Gasteiger charge is 2.25. The van der Waals surface area contributed by atoms with Gasteiger partial charge in [0.2, 0.25) is 5.91 Å². The molecule has 9 nitrogen and oxygen atoms in total. The van der Waals surface area contributed by atoms with Crippen LogP contribution in [0.3, 0.4) is 0 Å². The van der Waals surface area contributed by atoms with Crippen LogP contribution in [-0.2, 0) is 17.8 Å². The number of imidazole rings is 1. The summed E-state index contributed by atoms with van der Waals surface area (Å²) in [6.45, 7) is 2.10. The molecule has 0 fully saturated rings. The van der Waals surface area contributed by atoms with E-state index in [9.17, 15) is 9.90 Å². The smallest absolute Gasteiger partial charge is 0.241 e. The lowest BCUT2D eigenvalue weighted by Crippen LogP contribution is -2.18. The summed E-state index contributed by atoms with van der Waals surface area (Å²) in [6, 6.07) is 14.5. The Balaban J connectivity index is 1.45. The largest absolute Gasteiger partial charge is 0.497 e. The van der Waals surface area contributed by atoms with Crippen LogP contribution in [0.2, 0.25) is 5.02 Å². The fourth-order valence-electron chi connectivity index (χ4n) is 4.85. The van der Waals surface area contributed by atoms with Crippen LogP contribution < -0.4 is 24.3 Å². The van der Waals surface area contributed by atoms with Gasteiger partial charge in [0, 0.05) is 18.2 Å². The molecule has 1 N–H and O–H groups in total. The number of aliphatic hydroxyl groups is 1. The Hall–Kier alpha value is -3.95. The molecule has 2 heterocycles.